The monoisotopic (exact) mass is 641 g/mol. The molecule has 18 nitrogen and oxygen atoms in total. The van der Waals surface area contributed by atoms with Crippen molar-refractivity contribution in [2.24, 2.45) is 0 Å². The number of aromatic amines is 1. The number of nitrogen functional groups attached to an aromatic ring is 1. The third-order valence-corrected chi connectivity index (χ3v) is 11.2. The Morgan fingerprint density at radius 2 is 1.89 bits per heavy atom. The summed E-state index contributed by atoms with van der Waals surface area (Å²) in [5.41, 5.74) is 5.17. The van der Waals surface area contributed by atoms with Crippen molar-refractivity contribution in [2.75, 3.05) is 18.3 Å². The van der Waals surface area contributed by atoms with Gasteiger partial charge in [-0.1, -0.05) is 42.4 Å². The molecular formula is C15H26N5O13P3S2. The van der Waals surface area contributed by atoms with Gasteiger partial charge in [0.05, 0.1) is 19.0 Å². The van der Waals surface area contributed by atoms with E-state index in [0.717, 1.165) is 0 Å². The van der Waals surface area contributed by atoms with Crippen LogP contribution in [0.3, 0.4) is 0 Å². The molecule has 0 radical (unpaired) electrons. The number of hydrogen-bond donors (Lipinski definition) is 6. The van der Waals surface area contributed by atoms with E-state index in [1.165, 1.54) is 21.7 Å². The van der Waals surface area contributed by atoms with E-state index in [2.05, 4.69) is 23.6 Å². The van der Waals surface area contributed by atoms with Crippen molar-refractivity contribution in [1.29, 1.82) is 0 Å². The number of nitrogens with zero attached hydrogens (tertiary/aromatic N) is 3. The number of phosphoric ester groups is 1. The lowest BCUT2D eigenvalue weighted by Crippen LogP contribution is -2.29. The molecule has 1 fully saturated rings. The van der Waals surface area contributed by atoms with Crippen molar-refractivity contribution in [2.45, 2.75) is 50.4 Å². The molecule has 38 heavy (non-hydrogen) atoms. The van der Waals surface area contributed by atoms with E-state index in [0.29, 0.717) is 0 Å². The predicted octanol–water partition coefficient (Wildman–Crippen LogP) is 1.86. The Balaban J connectivity index is 1.75. The third kappa shape index (κ3) is 9.38. The zero-order chi connectivity index (χ0) is 28.5. The Labute approximate surface area is 222 Å². The summed E-state index contributed by atoms with van der Waals surface area (Å²) in [7, 11) is -13.6. The third-order valence-electron chi connectivity index (χ3n) is 4.40. The number of nitrogens with two attached hydrogens (primary N) is 1. The van der Waals surface area contributed by atoms with Crippen LogP contribution in [-0.4, -0.2) is 68.6 Å². The second-order valence-corrected chi connectivity index (χ2v) is 16.2. The van der Waals surface area contributed by atoms with E-state index in [1.54, 1.807) is 10.8 Å². The fourth-order valence-corrected chi connectivity index (χ4v) is 8.17. The van der Waals surface area contributed by atoms with Crippen LogP contribution in [0, 0.1) is 0 Å². The van der Waals surface area contributed by atoms with Crippen molar-refractivity contribution in [3.8, 4) is 0 Å². The maximum Gasteiger partial charge on any atom is 0.490 e. The van der Waals surface area contributed by atoms with Gasteiger partial charge in [-0.25, -0.2) is 18.7 Å². The highest BCUT2D eigenvalue weighted by Crippen LogP contribution is 2.66. The van der Waals surface area contributed by atoms with Crippen LogP contribution in [0.1, 0.15) is 33.4 Å². The summed E-state index contributed by atoms with van der Waals surface area (Å²) in [6, 6.07) is 0. The number of ether oxygens (including phenoxy) is 2. The molecule has 1 saturated heterocycles. The van der Waals surface area contributed by atoms with E-state index in [9.17, 15) is 28.3 Å². The second-order valence-electron chi connectivity index (χ2n) is 8.66. The SMILES string of the molecule is CC(C)(C)SSCO[C@@H]1C[C@H](n2cnc3c(=O)[nH]c(N)nc32)O[C@@H]1COP(=O)(O)OP(=O)(O)OP(=O)(O)O. The summed E-state index contributed by atoms with van der Waals surface area (Å²) in [6.07, 6.45) is -1.21. The van der Waals surface area contributed by atoms with E-state index in [-0.39, 0.29) is 34.2 Å². The van der Waals surface area contributed by atoms with Gasteiger partial charge < -0.3 is 34.8 Å². The van der Waals surface area contributed by atoms with Crippen molar-refractivity contribution in [3.05, 3.63) is 16.7 Å². The second kappa shape index (κ2) is 12.0. The lowest BCUT2D eigenvalue weighted by Gasteiger charge is -2.22. The molecule has 2 unspecified atom stereocenters. The zero-order valence-corrected chi connectivity index (χ0v) is 24.3. The highest BCUT2D eigenvalue weighted by molar-refractivity contribution is 8.77. The van der Waals surface area contributed by atoms with Gasteiger partial charge in [0.25, 0.3) is 5.56 Å². The lowest BCUT2D eigenvalue weighted by atomic mass is 10.2. The fraction of sp³-hybridized carbons (Fsp3) is 0.667. The summed E-state index contributed by atoms with van der Waals surface area (Å²) < 4.78 is 59.9. The molecule has 216 valence electrons. The molecule has 1 aliphatic heterocycles. The van der Waals surface area contributed by atoms with Gasteiger partial charge in [0, 0.05) is 11.2 Å². The molecule has 0 aliphatic carbocycles. The number of hydrogen-bond acceptors (Lipinski definition) is 14. The van der Waals surface area contributed by atoms with Crippen LogP contribution >= 0.6 is 45.1 Å². The summed E-state index contributed by atoms with van der Waals surface area (Å²) in [6.45, 7) is 5.31. The lowest BCUT2D eigenvalue weighted by molar-refractivity contribution is -0.0522. The maximum absolute atomic E-state index is 12.2. The van der Waals surface area contributed by atoms with Crippen LogP contribution in [0.4, 0.5) is 5.95 Å². The van der Waals surface area contributed by atoms with E-state index >= 15 is 0 Å². The molecule has 2 aromatic rings. The minimum absolute atomic E-state index is 0.00545. The number of rotatable bonds is 12. The molecule has 0 aromatic carbocycles. The fourth-order valence-electron chi connectivity index (χ4n) is 3.14. The van der Waals surface area contributed by atoms with Crippen molar-refractivity contribution in [3.63, 3.8) is 0 Å². The molecule has 2 aromatic heterocycles. The quantitative estimate of drug-likeness (QED) is 0.0835. The summed E-state index contributed by atoms with van der Waals surface area (Å²) in [4.78, 5) is 59.0. The average molecular weight is 641 g/mol. The zero-order valence-electron chi connectivity index (χ0n) is 20.0. The number of H-pyrrole nitrogens is 1. The Morgan fingerprint density at radius 3 is 2.53 bits per heavy atom. The van der Waals surface area contributed by atoms with E-state index < -0.39 is 54.1 Å². The summed E-state index contributed by atoms with van der Waals surface area (Å²) in [5, 5.41) is 0. The van der Waals surface area contributed by atoms with Crippen LogP contribution in [0.15, 0.2) is 11.1 Å². The maximum atomic E-state index is 12.2. The molecule has 3 rings (SSSR count). The molecule has 0 spiro atoms. The number of phosphoric acid groups is 3. The van der Waals surface area contributed by atoms with Gasteiger partial charge in [-0.2, -0.15) is 13.6 Å². The highest BCUT2D eigenvalue weighted by Gasteiger charge is 2.43. The Hall–Kier alpha value is -0.820. The molecule has 3 heterocycles. The molecule has 7 N–H and O–H groups in total. The summed E-state index contributed by atoms with van der Waals surface area (Å²) >= 11 is 0. The first-order valence-corrected chi connectivity index (χ1v) is 17.3. The van der Waals surface area contributed by atoms with Gasteiger partial charge in [0.15, 0.2) is 11.2 Å². The first kappa shape index (κ1) is 31.7. The van der Waals surface area contributed by atoms with Crippen LogP contribution in [0.2, 0.25) is 0 Å². The number of nitrogens with one attached hydrogen (secondary N) is 1. The van der Waals surface area contributed by atoms with Gasteiger partial charge in [0.2, 0.25) is 5.95 Å². The summed E-state index contributed by atoms with van der Waals surface area (Å²) in [5.74, 6) is 0.0270. The van der Waals surface area contributed by atoms with E-state index in [4.69, 9.17) is 29.5 Å². The molecule has 0 bridgehead atoms. The minimum atomic E-state index is -5.68. The number of fused-ring (bicyclic) bond motifs is 1. The van der Waals surface area contributed by atoms with Gasteiger partial charge in [-0.3, -0.25) is 18.9 Å². The molecule has 1 aliphatic rings. The standard InChI is InChI=1S/C15H26N5O13P3S2/c1-15(2,3)38-37-7-29-8-4-10(20-6-17-11-12(20)18-14(16)19-13(11)21)31-9(8)5-30-35(25,26)33-36(27,28)32-34(22,23)24/h6,8-10H,4-5,7H2,1-3H3,(H,25,26)(H,27,28)(H2,22,23,24)(H3,16,18,19,21)/t8-,9-,10-/m1/s1. The van der Waals surface area contributed by atoms with Crippen molar-refractivity contribution < 1.29 is 55.9 Å². The van der Waals surface area contributed by atoms with E-state index in [1.807, 2.05) is 20.8 Å². The van der Waals surface area contributed by atoms with Crippen LogP contribution in [0.5, 0.6) is 0 Å². The Bertz CT molecular complexity index is 1340. The minimum Gasteiger partial charge on any atom is -0.369 e. The predicted molar refractivity (Wildman–Crippen MR) is 136 cm³/mol. The first-order valence-electron chi connectivity index (χ1n) is 10.4. The van der Waals surface area contributed by atoms with Crippen molar-refractivity contribution >= 4 is 62.2 Å². The Kier molecular flexibility index (Phi) is 9.98. The number of aromatic nitrogens is 4. The largest absolute Gasteiger partial charge is 0.490 e. The first-order chi connectivity index (χ1) is 17.3. The average Bonchev–Trinajstić information content (AvgIpc) is 3.30. The molecule has 23 heteroatoms. The van der Waals surface area contributed by atoms with Gasteiger partial charge >= 0.3 is 23.5 Å². The van der Waals surface area contributed by atoms with Gasteiger partial charge in [-0.15, -0.1) is 0 Å². The van der Waals surface area contributed by atoms with Gasteiger partial charge in [0.1, 0.15) is 18.3 Å². The Morgan fingerprint density at radius 1 is 1.21 bits per heavy atom. The van der Waals surface area contributed by atoms with Gasteiger partial charge in [-0.05, 0) is 0 Å². The molecular weight excluding hydrogens is 615 g/mol. The molecule has 0 saturated carbocycles. The number of imidazole rings is 1. The molecule has 5 atom stereocenters. The van der Waals surface area contributed by atoms with Crippen LogP contribution in [-0.2, 0) is 36.3 Å². The topological polar surface area (TPSA) is 268 Å². The number of anilines is 1. The highest BCUT2D eigenvalue weighted by atomic mass is 33.1. The normalized spacial score (nSPS) is 23.9. The van der Waals surface area contributed by atoms with Crippen LogP contribution < -0.4 is 11.3 Å². The molecule has 0 amide bonds. The van der Waals surface area contributed by atoms with Crippen molar-refractivity contribution in [1.82, 2.24) is 19.5 Å². The van der Waals surface area contributed by atoms with Crippen LogP contribution in [0.25, 0.3) is 11.2 Å². The smallest absolute Gasteiger partial charge is 0.369 e.